The second-order valence-electron chi connectivity index (χ2n) is 7.43. The summed E-state index contributed by atoms with van der Waals surface area (Å²) in [6.07, 6.45) is 6.76. The number of carbonyl (C=O) groups excluding carboxylic acids is 1. The fourth-order valence-electron chi connectivity index (χ4n) is 2.55. The minimum absolute atomic E-state index is 0.0961. The standard InChI is InChI=1S/C23H25NO3S/c1-6-17(23(3,4)5)12-11-15(2)21(25)24-19(22(26)27)13-16-14-28-20-10-8-7-9-18(16)20/h6-14H,1H2,2-5H3,(H,24,25)(H,26,27)/b15-11+,17-12+,19-13+. The number of hydrogen-bond acceptors (Lipinski definition) is 3. The molecule has 1 aromatic heterocycles. The number of benzene rings is 1. The first kappa shape index (κ1) is 21.4. The van der Waals surface area contributed by atoms with E-state index in [-0.39, 0.29) is 11.1 Å². The smallest absolute Gasteiger partial charge is 0.352 e. The van der Waals surface area contributed by atoms with Gasteiger partial charge in [0.25, 0.3) is 5.91 Å². The summed E-state index contributed by atoms with van der Waals surface area (Å²) in [7, 11) is 0. The van der Waals surface area contributed by atoms with Crippen molar-refractivity contribution < 1.29 is 14.7 Å². The molecule has 0 spiro atoms. The van der Waals surface area contributed by atoms with Gasteiger partial charge < -0.3 is 10.4 Å². The number of allylic oxidation sites excluding steroid dienone is 4. The van der Waals surface area contributed by atoms with Crippen molar-refractivity contribution in [3.8, 4) is 0 Å². The van der Waals surface area contributed by atoms with Crippen molar-refractivity contribution in [3.63, 3.8) is 0 Å². The summed E-state index contributed by atoms with van der Waals surface area (Å²) in [6, 6.07) is 7.74. The van der Waals surface area contributed by atoms with E-state index in [9.17, 15) is 14.7 Å². The van der Waals surface area contributed by atoms with E-state index in [2.05, 4.69) is 32.7 Å². The maximum Gasteiger partial charge on any atom is 0.352 e. The summed E-state index contributed by atoms with van der Waals surface area (Å²) >= 11 is 1.53. The SMILES string of the molecule is C=C/C(=C\C=C(/C)C(=O)N/C(=C/c1csc2ccccc12)C(=O)O)C(C)(C)C. The van der Waals surface area contributed by atoms with Crippen LogP contribution < -0.4 is 5.32 Å². The molecule has 1 amide bonds. The fourth-order valence-corrected chi connectivity index (χ4v) is 3.47. The Hall–Kier alpha value is -2.92. The van der Waals surface area contributed by atoms with Gasteiger partial charge in [-0.25, -0.2) is 4.79 Å². The van der Waals surface area contributed by atoms with Gasteiger partial charge in [0.1, 0.15) is 5.70 Å². The number of carbonyl (C=O) groups is 2. The van der Waals surface area contributed by atoms with Gasteiger partial charge in [-0.1, -0.05) is 63.8 Å². The highest BCUT2D eigenvalue weighted by atomic mass is 32.1. The molecule has 0 saturated heterocycles. The van der Waals surface area contributed by atoms with Crippen LogP contribution in [0, 0.1) is 5.41 Å². The van der Waals surface area contributed by atoms with E-state index in [4.69, 9.17) is 0 Å². The van der Waals surface area contributed by atoms with E-state index in [0.29, 0.717) is 5.57 Å². The lowest BCUT2D eigenvalue weighted by Crippen LogP contribution is -2.27. The molecular formula is C23H25NO3S. The first-order chi connectivity index (χ1) is 13.1. The van der Waals surface area contributed by atoms with Crippen molar-refractivity contribution in [3.05, 3.63) is 76.9 Å². The molecule has 0 radical (unpaired) electrons. The third-order valence-corrected chi connectivity index (χ3v) is 5.23. The van der Waals surface area contributed by atoms with Crippen LogP contribution in [-0.2, 0) is 9.59 Å². The number of nitrogens with one attached hydrogen (secondary N) is 1. The molecule has 0 aliphatic rings. The molecule has 4 nitrogen and oxygen atoms in total. The van der Waals surface area contributed by atoms with Crippen LogP contribution in [0.2, 0.25) is 0 Å². The predicted octanol–water partition coefficient (Wildman–Crippen LogP) is 5.55. The van der Waals surface area contributed by atoms with E-state index in [1.54, 1.807) is 19.1 Å². The monoisotopic (exact) mass is 395 g/mol. The third kappa shape index (κ3) is 5.30. The van der Waals surface area contributed by atoms with E-state index in [0.717, 1.165) is 21.2 Å². The van der Waals surface area contributed by atoms with E-state index >= 15 is 0 Å². The molecule has 28 heavy (non-hydrogen) atoms. The van der Waals surface area contributed by atoms with Gasteiger partial charge in [-0.15, -0.1) is 11.3 Å². The van der Waals surface area contributed by atoms with Gasteiger partial charge in [0.05, 0.1) is 0 Å². The van der Waals surface area contributed by atoms with Gasteiger partial charge in [-0.05, 0) is 46.4 Å². The van der Waals surface area contributed by atoms with Crippen LogP contribution in [-0.4, -0.2) is 17.0 Å². The van der Waals surface area contributed by atoms with Crippen molar-refractivity contribution in [2.75, 3.05) is 0 Å². The summed E-state index contributed by atoms with van der Waals surface area (Å²) < 4.78 is 1.06. The van der Waals surface area contributed by atoms with Gasteiger partial charge in [-0.3, -0.25) is 4.79 Å². The fraction of sp³-hybridized carbons (Fsp3) is 0.217. The predicted molar refractivity (Wildman–Crippen MR) is 117 cm³/mol. The second-order valence-corrected chi connectivity index (χ2v) is 8.34. The van der Waals surface area contributed by atoms with Gasteiger partial charge in [-0.2, -0.15) is 0 Å². The normalized spacial score (nSPS) is 13.5. The highest BCUT2D eigenvalue weighted by molar-refractivity contribution is 7.17. The summed E-state index contributed by atoms with van der Waals surface area (Å²) in [5.41, 5.74) is 1.90. The summed E-state index contributed by atoms with van der Waals surface area (Å²) in [5, 5.41) is 14.9. The number of thiophene rings is 1. The molecule has 0 saturated carbocycles. The Labute approximate surface area is 169 Å². The van der Waals surface area contributed by atoms with Crippen molar-refractivity contribution in [1.29, 1.82) is 0 Å². The average Bonchev–Trinajstić information content (AvgIpc) is 3.03. The lowest BCUT2D eigenvalue weighted by atomic mass is 9.86. The van der Waals surface area contributed by atoms with Gasteiger partial charge in [0, 0.05) is 10.3 Å². The topological polar surface area (TPSA) is 66.4 Å². The third-order valence-electron chi connectivity index (χ3n) is 4.25. The number of carboxylic acid groups (broad SMARTS) is 1. The summed E-state index contributed by atoms with van der Waals surface area (Å²) in [4.78, 5) is 24.1. The largest absolute Gasteiger partial charge is 0.477 e. The minimum Gasteiger partial charge on any atom is -0.477 e. The van der Waals surface area contributed by atoms with Crippen molar-refractivity contribution in [2.24, 2.45) is 5.41 Å². The van der Waals surface area contributed by atoms with Crippen LogP contribution in [0.25, 0.3) is 16.2 Å². The highest BCUT2D eigenvalue weighted by Gasteiger charge is 2.15. The Morgan fingerprint density at radius 3 is 2.46 bits per heavy atom. The first-order valence-electron chi connectivity index (χ1n) is 8.87. The average molecular weight is 396 g/mol. The Balaban J connectivity index is 2.28. The molecule has 5 heteroatoms. The highest BCUT2D eigenvalue weighted by Crippen LogP contribution is 2.27. The molecular weight excluding hydrogens is 370 g/mol. The van der Waals surface area contributed by atoms with E-state index in [1.807, 2.05) is 35.7 Å². The molecule has 0 unspecified atom stereocenters. The zero-order chi connectivity index (χ0) is 20.9. The molecule has 0 bridgehead atoms. The molecule has 2 N–H and O–H groups in total. The van der Waals surface area contributed by atoms with Gasteiger partial charge >= 0.3 is 5.97 Å². The zero-order valence-corrected chi connectivity index (χ0v) is 17.4. The van der Waals surface area contributed by atoms with Crippen LogP contribution in [0.4, 0.5) is 0 Å². The number of rotatable bonds is 6. The number of fused-ring (bicyclic) bond motifs is 1. The number of amides is 1. The van der Waals surface area contributed by atoms with Crippen LogP contribution >= 0.6 is 11.3 Å². The lowest BCUT2D eigenvalue weighted by Gasteiger charge is -2.19. The number of hydrogen-bond donors (Lipinski definition) is 2. The molecule has 0 aliphatic carbocycles. The Morgan fingerprint density at radius 1 is 1.18 bits per heavy atom. The van der Waals surface area contributed by atoms with Crippen LogP contribution in [0.5, 0.6) is 0 Å². The molecule has 0 aliphatic heterocycles. The van der Waals surface area contributed by atoms with Crippen LogP contribution in [0.3, 0.4) is 0 Å². The van der Waals surface area contributed by atoms with E-state index < -0.39 is 11.9 Å². The minimum atomic E-state index is -1.19. The molecule has 0 fully saturated rings. The van der Waals surface area contributed by atoms with Gasteiger partial charge in [0.15, 0.2) is 0 Å². The Kier molecular flexibility index (Phi) is 6.75. The lowest BCUT2D eigenvalue weighted by molar-refractivity contribution is -0.134. The Bertz CT molecular complexity index is 1000. The van der Waals surface area contributed by atoms with Crippen molar-refractivity contribution >= 4 is 39.4 Å². The van der Waals surface area contributed by atoms with Crippen molar-refractivity contribution in [1.82, 2.24) is 5.32 Å². The number of aliphatic carboxylic acids is 1. The molecule has 1 aromatic carbocycles. The second kappa shape index (κ2) is 8.85. The summed E-state index contributed by atoms with van der Waals surface area (Å²) in [5.74, 6) is -1.64. The van der Waals surface area contributed by atoms with Crippen LogP contribution in [0.1, 0.15) is 33.3 Å². The quantitative estimate of drug-likeness (QED) is 0.498. The van der Waals surface area contributed by atoms with Crippen molar-refractivity contribution in [2.45, 2.75) is 27.7 Å². The Morgan fingerprint density at radius 2 is 1.86 bits per heavy atom. The molecule has 2 aromatic rings. The van der Waals surface area contributed by atoms with Gasteiger partial charge in [0.2, 0.25) is 0 Å². The molecule has 146 valence electrons. The summed E-state index contributed by atoms with van der Waals surface area (Å²) in [6.45, 7) is 11.6. The molecule has 2 rings (SSSR count). The van der Waals surface area contributed by atoms with Crippen LogP contribution in [0.15, 0.2) is 71.3 Å². The maximum absolute atomic E-state index is 12.5. The first-order valence-corrected chi connectivity index (χ1v) is 9.75. The zero-order valence-electron chi connectivity index (χ0n) is 16.6. The maximum atomic E-state index is 12.5. The molecule has 0 atom stereocenters. The molecule has 1 heterocycles. The van der Waals surface area contributed by atoms with E-state index in [1.165, 1.54) is 17.4 Å². The number of carboxylic acids is 1.